The first-order chi connectivity index (χ1) is 8.09. The number of rotatable bonds is 2. The lowest BCUT2D eigenvalue weighted by Gasteiger charge is -2.37. The molecule has 17 heavy (non-hydrogen) atoms. The predicted octanol–water partition coefficient (Wildman–Crippen LogP) is 2.19. The Balaban J connectivity index is 2.09. The molecule has 1 saturated heterocycles. The molecule has 3 heteroatoms. The number of nitrogens with zero attached hydrogens (tertiary/aromatic N) is 2. The van der Waals surface area contributed by atoms with Crippen LogP contribution in [0.1, 0.15) is 31.4 Å². The van der Waals surface area contributed by atoms with Crippen molar-refractivity contribution in [2.24, 2.45) is 5.92 Å². The first-order valence-electron chi connectivity index (χ1n) is 6.26. The topological polar surface area (TPSA) is 33.2 Å². The fourth-order valence-electron chi connectivity index (χ4n) is 2.37. The summed E-state index contributed by atoms with van der Waals surface area (Å²) in [5.41, 5.74) is 2.54. The van der Waals surface area contributed by atoms with Crippen LogP contribution in [0.3, 0.4) is 0 Å². The number of aryl methyl sites for hydroxylation is 1. The first-order valence-corrected chi connectivity index (χ1v) is 6.26. The molecule has 0 aromatic carbocycles. The van der Waals surface area contributed by atoms with E-state index in [1.165, 1.54) is 11.1 Å². The monoisotopic (exact) mass is 232 g/mol. The van der Waals surface area contributed by atoms with E-state index < -0.39 is 0 Å². The van der Waals surface area contributed by atoms with Gasteiger partial charge in [0.2, 0.25) is 0 Å². The average Bonchev–Trinajstić information content (AvgIpc) is 2.32. The molecule has 0 radical (unpaired) electrons. The summed E-state index contributed by atoms with van der Waals surface area (Å²) in [6.45, 7) is 8.07. The van der Waals surface area contributed by atoms with E-state index in [0.29, 0.717) is 18.2 Å². The van der Waals surface area contributed by atoms with Crippen LogP contribution >= 0.6 is 0 Å². The number of hydrogen-bond acceptors (Lipinski definition) is 3. The average molecular weight is 232 g/mol. The standard InChI is InChI=1S/C14H20N2O/c1-10-4-6-15-8-13(10)9-16-7-5-14(17)11(2)12(16)3/h4,6,8,11-12H,5,7,9H2,1-3H3. The summed E-state index contributed by atoms with van der Waals surface area (Å²) in [4.78, 5) is 18.2. The van der Waals surface area contributed by atoms with Crippen molar-refractivity contribution in [3.05, 3.63) is 29.6 Å². The Bertz CT molecular complexity index is 416. The number of likely N-dealkylation sites (tertiary alicyclic amines) is 1. The van der Waals surface area contributed by atoms with E-state index in [0.717, 1.165) is 13.1 Å². The van der Waals surface area contributed by atoms with Gasteiger partial charge in [-0.3, -0.25) is 14.7 Å². The Morgan fingerprint density at radius 1 is 1.47 bits per heavy atom. The number of hydrogen-bond donors (Lipinski definition) is 0. The predicted molar refractivity (Wildman–Crippen MR) is 67.6 cm³/mol. The van der Waals surface area contributed by atoms with Gasteiger partial charge in [0.1, 0.15) is 5.78 Å². The van der Waals surface area contributed by atoms with Gasteiger partial charge in [0.05, 0.1) is 0 Å². The Morgan fingerprint density at radius 2 is 2.24 bits per heavy atom. The molecule has 1 aromatic heterocycles. The zero-order chi connectivity index (χ0) is 12.4. The highest BCUT2D eigenvalue weighted by Crippen LogP contribution is 2.22. The normalized spacial score (nSPS) is 26.2. The fourth-order valence-corrected chi connectivity index (χ4v) is 2.37. The molecule has 1 aliphatic rings. The number of Topliss-reactive ketones (excluding diaryl/α,β-unsaturated/α-hetero) is 1. The molecule has 3 nitrogen and oxygen atoms in total. The van der Waals surface area contributed by atoms with Crippen molar-refractivity contribution in [3.63, 3.8) is 0 Å². The van der Waals surface area contributed by atoms with Gasteiger partial charge in [-0.1, -0.05) is 6.92 Å². The third-order valence-electron chi connectivity index (χ3n) is 3.97. The van der Waals surface area contributed by atoms with Crippen LogP contribution in [0.25, 0.3) is 0 Å². The van der Waals surface area contributed by atoms with E-state index >= 15 is 0 Å². The van der Waals surface area contributed by atoms with E-state index in [9.17, 15) is 4.79 Å². The molecule has 0 amide bonds. The highest BCUT2D eigenvalue weighted by atomic mass is 16.1. The van der Waals surface area contributed by atoms with Crippen LogP contribution in [0.4, 0.5) is 0 Å². The van der Waals surface area contributed by atoms with E-state index in [-0.39, 0.29) is 5.92 Å². The van der Waals surface area contributed by atoms with Crippen molar-refractivity contribution in [1.82, 2.24) is 9.88 Å². The second-order valence-corrected chi connectivity index (χ2v) is 5.02. The van der Waals surface area contributed by atoms with Crippen LogP contribution in [-0.2, 0) is 11.3 Å². The van der Waals surface area contributed by atoms with Gasteiger partial charge >= 0.3 is 0 Å². The minimum absolute atomic E-state index is 0.153. The van der Waals surface area contributed by atoms with Gasteiger partial charge in [0.15, 0.2) is 0 Å². The van der Waals surface area contributed by atoms with Gasteiger partial charge in [-0.15, -0.1) is 0 Å². The second-order valence-electron chi connectivity index (χ2n) is 5.02. The van der Waals surface area contributed by atoms with Crippen molar-refractivity contribution in [1.29, 1.82) is 0 Å². The van der Waals surface area contributed by atoms with Crippen molar-refractivity contribution in [2.75, 3.05) is 6.54 Å². The van der Waals surface area contributed by atoms with Crippen molar-refractivity contribution in [3.8, 4) is 0 Å². The maximum absolute atomic E-state index is 11.6. The lowest BCUT2D eigenvalue weighted by atomic mass is 9.90. The maximum Gasteiger partial charge on any atom is 0.138 e. The molecular weight excluding hydrogens is 212 g/mol. The van der Waals surface area contributed by atoms with E-state index in [2.05, 4.69) is 23.7 Å². The summed E-state index contributed by atoms with van der Waals surface area (Å²) in [6.07, 6.45) is 4.44. The van der Waals surface area contributed by atoms with Crippen LogP contribution in [0.2, 0.25) is 0 Å². The number of carbonyl (C=O) groups is 1. The molecule has 2 heterocycles. The molecule has 0 saturated carbocycles. The second kappa shape index (κ2) is 4.96. The molecular formula is C14H20N2O. The van der Waals surface area contributed by atoms with Crippen LogP contribution < -0.4 is 0 Å². The number of piperidine rings is 1. The van der Waals surface area contributed by atoms with Gasteiger partial charge in [0, 0.05) is 43.9 Å². The summed E-state index contributed by atoms with van der Waals surface area (Å²) in [5.74, 6) is 0.553. The van der Waals surface area contributed by atoms with E-state index in [1.807, 2.05) is 25.4 Å². The Labute approximate surface area is 103 Å². The summed E-state index contributed by atoms with van der Waals surface area (Å²) in [6, 6.07) is 2.37. The molecule has 0 aliphatic carbocycles. The zero-order valence-corrected chi connectivity index (χ0v) is 10.8. The largest absolute Gasteiger partial charge is 0.299 e. The van der Waals surface area contributed by atoms with Crippen molar-refractivity contribution >= 4 is 5.78 Å². The van der Waals surface area contributed by atoms with Crippen LogP contribution in [0, 0.1) is 12.8 Å². The molecule has 0 spiro atoms. The molecule has 1 fully saturated rings. The lowest BCUT2D eigenvalue weighted by Crippen LogP contribution is -2.46. The Hall–Kier alpha value is -1.22. The number of carbonyl (C=O) groups excluding carboxylic acids is 1. The summed E-state index contributed by atoms with van der Waals surface area (Å²) in [5, 5.41) is 0. The van der Waals surface area contributed by atoms with Crippen LogP contribution in [0.15, 0.2) is 18.5 Å². The number of ketones is 1. The van der Waals surface area contributed by atoms with Gasteiger partial charge in [-0.05, 0) is 31.0 Å². The minimum Gasteiger partial charge on any atom is -0.299 e. The van der Waals surface area contributed by atoms with Crippen molar-refractivity contribution < 1.29 is 4.79 Å². The SMILES string of the molecule is Cc1ccncc1CN1CCC(=O)C(C)C1C. The highest BCUT2D eigenvalue weighted by molar-refractivity contribution is 5.82. The van der Waals surface area contributed by atoms with Gasteiger partial charge in [0.25, 0.3) is 0 Å². The third-order valence-corrected chi connectivity index (χ3v) is 3.97. The lowest BCUT2D eigenvalue weighted by molar-refractivity contribution is -0.128. The summed E-state index contributed by atoms with van der Waals surface area (Å²) in [7, 11) is 0. The Kier molecular flexibility index (Phi) is 3.57. The first kappa shape index (κ1) is 12.2. The maximum atomic E-state index is 11.6. The smallest absolute Gasteiger partial charge is 0.138 e. The van der Waals surface area contributed by atoms with Gasteiger partial charge in [-0.25, -0.2) is 0 Å². The summed E-state index contributed by atoms with van der Waals surface area (Å²) >= 11 is 0. The molecule has 2 atom stereocenters. The van der Waals surface area contributed by atoms with Crippen molar-refractivity contribution in [2.45, 2.75) is 39.8 Å². The van der Waals surface area contributed by atoms with Crippen LogP contribution in [-0.4, -0.2) is 28.3 Å². The number of pyridine rings is 1. The zero-order valence-electron chi connectivity index (χ0n) is 10.8. The molecule has 2 rings (SSSR count). The quantitative estimate of drug-likeness (QED) is 0.783. The van der Waals surface area contributed by atoms with Crippen LogP contribution in [0.5, 0.6) is 0 Å². The van der Waals surface area contributed by atoms with E-state index in [4.69, 9.17) is 0 Å². The molecule has 92 valence electrons. The molecule has 0 bridgehead atoms. The van der Waals surface area contributed by atoms with Gasteiger partial charge in [-0.2, -0.15) is 0 Å². The minimum atomic E-state index is 0.153. The third kappa shape index (κ3) is 2.55. The summed E-state index contributed by atoms with van der Waals surface area (Å²) < 4.78 is 0. The number of aromatic nitrogens is 1. The Morgan fingerprint density at radius 3 is 2.94 bits per heavy atom. The fraction of sp³-hybridized carbons (Fsp3) is 0.571. The highest BCUT2D eigenvalue weighted by Gasteiger charge is 2.30. The van der Waals surface area contributed by atoms with E-state index in [1.54, 1.807) is 0 Å². The molecule has 1 aromatic rings. The molecule has 0 N–H and O–H groups in total. The molecule has 2 unspecified atom stereocenters. The molecule has 1 aliphatic heterocycles. The van der Waals surface area contributed by atoms with Gasteiger partial charge < -0.3 is 0 Å².